The molecule has 3 N–H and O–H groups in total. The van der Waals surface area contributed by atoms with Crippen LogP contribution in [0.3, 0.4) is 0 Å². The fraction of sp³-hybridized carbons (Fsp3) is 0.581. The van der Waals surface area contributed by atoms with Crippen LogP contribution < -0.4 is 10.6 Å². The summed E-state index contributed by atoms with van der Waals surface area (Å²) in [6.07, 6.45) is 14.3. The molecule has 41 heavy (non-hydrogen) atoms. The Hall–Kier alpha value is -3.56. The van der Waals surface area contributed by atoms with Crippen molar-refractivity contribution in [3.63, 3.8) is 0 Å². The monoisotopic (exact) mass is 563 g/mol. The first kappa shape index (κ1) is 29.0. The number of hydrogen-bond acceptors (Lipinski definition) is 5. The zero-order valence-corrected chi connectivity index (χ0v) is 24.4. The Balaban J connectivity index is 1.46. The van der Waals surface area contributed by atoms with Crippen LogP contribution in [0.1, 0.15) is 93.0 Å². The van der Waals surface area contributed by atoms with Gasteiger partial charge in [0.25, 0.3) is 5.91 Å². The first-order valence-corrected chi connectivity index (χ1v) is 15.2. The van der Waals surface area contributed by atoms with Crippen molar-refractivity contribution < 1.29 is 14.0 Å². The Kier molecular flexibility index (Phi) is 9.15. The quantitative estimate of drug-likeness (QED) is 0.297. The zero-order chi connectivity index (χ0) is 28.9. The topological polar surface area (TPSA) is 118 Å². The van der Waals surface area contributed by atoms with Gasteiger partial charge in [0.05, 0.1) is 17.6 Å². The summed E-state index contributed by atoms with van der Waals surface area (Å²) in [5.74, 6) is -0.477. The number of aromatic nitrogens is 5. The molecule has 220 valence electrons. The van der Waals surface area contributed by atoms with E-state index < -0.39 is 11.9 Å². The molecular weight excluding hydrogens is 521 g/mol. The van der Waals surface area contributed by atoms with E-state index in [1.165, 1.54) is 25.1 Å². The molecular formula is C31H42FN7O2. The average molecular weight is 564 g/mol. The van der Waals surface area contributed by atoms with Gasteiger partial charge in [-0.2, -0.15) is 10.2 Å². The van der Waals surface area contributed by atoms with Crippen LogP contribution in [0.5, 0.6) is 0 Å². The molecule has 2 aliphatic rings. The molecule has 0 saturated heterocycles. The number of anilines is 1. The summed E-state index contributed by atoms with van der Waals surface area (Å²) in [5.41, 5.74) is 2.88. The van der Waals surface area contributed by atoms with Crippen molar-refractivity contribution in [1.82, 2.24) is 30.3 Å². The third kappa shape index (κ3) is 6.36. The minimum atomic E-state index is -0.755. The lowest BCUT2D eigenvalue weighted by molar-refractivity contribution is -0.120. The number of nitrogens with zero attached hydrogens (tertiary/aromatic N) is 4. The summed E-state index contributed by atoms with van der Waals surface area (Å²) in [5, 5.41) is 17.3. The van der Waals surface area contributed by atoms with Crippen molar-refractivity contribution in [3.8, 4) is 11.3 Å². The van der Waals surface area contributed by atoms with Crippen LogP contribution in [-0.2, 0) is 11.3 Å². The van der Waals surface area contributed by atoms with Crippen molar-refractivity contribution in [2.45, 2.75) is 97.6 Å². The largest absolute Gasteiger partial charge is 0.339 e. The third-order valence-corrected chi connectivity index (χ3v) is 9.06. The van der Waals surface area contributed by atoms with E-state index in [-0.39, 0.29) is 29.1 Å². The minimum absolute atomic E-state index is 0.00542. The highest BCUT2D eigenvalue weighted by Crippen LogP contribution is 2.42. The lowest BCUT2D eigenvalue weighted by Crippen LogP contribution is -2.53. The highest BCUT2D eigenvalue weighted by atomic mass is 19.1. The molecule has 1 atom stereocenters. The average Bonchev–Trinajstić information content (AvgIpc) is 3.60. The smallest absolute Gasteiger partial charge is 0.270 e. The molecule has 0 spiro atoms. The number of amides is 2. The number of rotatable bonds is 9. The molecule has 5 rings (SSSR count). The Morgan fingerprint density at radius 1 is 1.07 bits per heavy atom. The van der Waals surface area contributed by atoms with Crippen LogP contribution >= 0.6 is 0 Å². The van der Waals surface area contributed by atoms with E-state index in [9.17, 15) is 9.59 Å². The van der Waals surface area contributed by atoms with Crippen molar-refractivity contribution in [2.24, 2.45) is 17.8 Å². The number of carbonyl (C=O) groups is 2. The normalized spacial score (nSPS) is 17.5. The molecule has 0 aliphatic heterocycles. The lowest BCUT2D eigenvalue weighted by Gasteiger charge is -2.42. The predicted octanol–water partition coefficient (Wildman–Crippen LogP) is 5.96. The van der Waals surface area contributed by atoms with Crippen LogP contribution in [0.25, 0.3) is 11.3 Å². The standard InChI is InChI=1S/C31H42FN7O2/c1-4-39-25(15-16-34-39)30(40)36-29(27(21-11-7-5-8-12-21)22-13-9-6-10-14-22)31(41)35-23-17-24(32)28(33-18-23)26-19(2)37-38-20(26)3/h15-18,21-22,27,29H,4-14H2,1-3H3,(H,35,41)(H,36,40)(H,37,38). The van der Waals surface area contributed by atoms with Gasteiger partial charge in [0.15, 0.2) is 5.82 Å². The molecule has 3 aromatic rings. The second-order valence-corrected chi connectivity index (χ2v) is 11.7. The van der Waals surface area contributed by atoms with Crippen molar-refractivity contribution in [1.29, 1.82) is 0 Å². The van der Waals surface area contributed by atoms with Gasteiger partial charge in [-0.3, -0.25) is 24.4 Å². The molecule has 3 heterocycles. The van der Waals surface area contributed by atoms with E-state index in [1.54, 1.807) is 23.9 Å². The number of aryl methyl sites for hydroxylation is 3. The number of nitrogens with one attached hydrogen (secondary N) is 3. The van der Waals surface area contributed by atoms with Gasteiger partial charge in [0.2, 0.25) is 5.91 Å². The Bertz CT molecular complexity index is 1320. The van der Waals surface area contributed by atoms with Crippen LogP contribution in [0.4, 0.5) is 10.1 Å². The number of halogens is 1. The van der Waals surface area contributed by atoms with E-state index in [0.29, 0.717) is 35.3 Å². The predicted molar refractivity (Wildman–Crippen MR) is 156 cm³/mol. The molecule has 2 saturated carbocycles. The Morgan fingerprint density at radius 3 is 2.29 bits per heavy atom. The van der Waals surface area contributed by atoms with Gasteiger partial charge in [-0.15, -0.1) is 0 Å². The molecule has 2 amide bonds. The summed E-state index contributed by atoms with van der Waals surface area (Å²) >= 11 is 0. The van der Waals surface area contributed by atoms with Crippen LogP contribution in [-0.4, -0.2) is 42.8 Å². The summed E-state index contributed by atoms with van der Waals surface area (Å²) in [6.45, 7) is 6.09. The molecule has 2 aliphatic carbocycles. The van der Waals surface area contributed by atoms with Crippen molar-refractivity contribution >= 4 is 17.5 Å². The molecule has 2 fully saturated rings. The van der Waals surface area contributed by atoms with Crippen LogP contribution in [0.2, 0.25) is 0 Å². The minimum Gasteiger partial charge on any atom is -0.339 e. The summed E-state index contributed by atoms with van der Waals surface area (Å²) in [6, 6.07) is 2.23. The maximum Gasteiger partial charge on any atom is 0.270 e. The van der Waals surface area contributed by atoms with Crippen molar-refractivity contribution in [3.05, 3.63) is 47.4 Å². The molecule has 1 unspecified atom stereocenters. The van der Waals surface area contributed by atoms with Gasteiger partial charge < -0.3 is 10.6 Å². The number of carbonyl (C=O) groups excluding carboxylic acids is 2. The highest BCUT2D eigenvalue weighted by Gasteiger charge is 2.41. The van der Waals surface area contributed by atoms with E-state index in [1.807, 2.05) is 13.8 Å². The van der Waals surface area contributed by atoms with Gasteiger partial charge in [-0.25, -0.2) is 4.39 Å². The molecule has 0 bridgehead atoms. The fourth-order valence-electron chi connectivity index (χ4n) is 7.11. The SMILES string of the molecule is CCn1nccc1C(=O)NC(C(=O)Nc1cnc(-c2c(C)n[nH]c2C)c(F)c1)C(C1CCCCC1)C1CCCCC1. The summed E-state index contributed by atoms with van der Waals surface area (Å²) in [7, 11) is 0. The number of hydrogen-bond donors (Lipinski definition) is 3. The van der Waals surface area contributed by atoms with Gasteiger partial charge in [-0.1, -0.05) is 64.2 Å². The Morgan fingerprint density at radius 2 is 1.73 bits per heavy atom. The van der Waals surface area contributed by atoms with E-state index in [0.717, 1.165) is 57.1 Å². The summed E-state index contributed by atoms with van der Waals surface area (Å²) in [4.78, 5) is 32.1. The van der Waals surface area contributed by atoms with Gasteiger partial charge in [-0.05, 0) is 44.6 Å². The molecule has 3 aromatic heterocycles. The number of aromatic amines is 1. The second-order valence-electron chi connectivity index (χ2n) is 11.7. The Labute approximate surface area is 241 Å². The van der Waals surface area contributed by atoms with Crippen LogP contribution in [0, 0.1) is 37.4 Å². The van der Waals surface area contributed by atoms with Gasteiger partial charge in [0, 0.05) is 30.1 Å². The number of pyridine rings is 1. The lowest BCUT2D eigenvalue weighted by atomic mass is 9.66. The van der Waals surface area contributed by atoms with E-state index in [4.69, 9.17) is 0 Å². The molecule has 10 heteroatoms. The first-order chi connectivity index (χ1) is 19.9. The third-order valence-electron chi connectivity index (χ3n) is 9.06. The molecule has 9 nitrogen and oxygen atoms in total. The van der Waals surface area contributed by atoms with E-state index in [2.05, 4.69) is 30.9 Å². The maximum absolute atomic E-state index is 15.3. The zero-order valence-electron chi connectivity index (χ0n) is 24.4. The van der Waals surface area contributed by atoms with Gasteiger partial charge >= 0.3 is 0 Å². The highest BCUT2D eigenvalue weighted by molar-refractivity contribution is 6.00. The fourth-order valence-corrected chi connectivity index (χ4v) is 7.11. The molecule has 0 aromatic carbocycles. The van der Waals surface area contributed by atoms with E-state index >= 15 is 4.39 Å². The molecule has 0 radical (unpaired) electrons. The second kappa shape index (κ2) is 13.0. The van der Waals surface area contributed by atoms with Gasteiger partial charge in [0.1, 0.15) is 17.4 Å². The maximum atomic E-state index is 15.3. The van der Waals surface area contributed by atoms with Crippen molar-refractivity contribution in [2.75, 3.05) is 5.32 Å². The summed E-state index contributed by atoms with van der Waals surface area (Å²) < 4.78 is 16.9. The van der Waals surface area contributed by atoms with Crippen LogP contribution in [0.15, 0.2) is 24.5 Å². The number of H-pyrrole nitrogens is 1. The first-order valence-electron chi connectivity index (χ1n) is 15.2.